The molecule has 9 heteroatoms. The lowest BCUT2D eigenvalue weighted by atomic mass is 10.1. The third-order valence-electron chi connectivity index (χ3n) is 5.36. The monoisotopic (exact) mass is 472 g/mol. The molecule has 0 atom stereocenters. The highest BCUT2D eigenvalue weighted by Gasteiger charge is 2.14. The Morgan fingerprint density at radius 1 is 1.03 bits per heavy atom. The van der Waals surface area contributed by atoms with Crippen molar-refractivity contribution in [2.24, 2.45) is 10.1 Å². The van der Waals surface area contributed by atoms with Gasteiger partial charge in [0.2, 0.25) is 11.6 Å². The summed E-state index contributed by atoms with van der Waals surface area (Å²) in [5.74, 6) is 1.38. The molecule has 170 valence electrons. The first-order valence-corrected chi connectivity index (χ1v) is 11.4. The second-order valence-corrected chi connectivity index (χ2v) is 8.61. The number of hydrogen-bond donors (Lipinski definition) is 0. The maximum atomic E-state index is 11.1. The summed E-state index contributed by atoms with van der Waals surface area (Å²) >= 11 is 1.45. The van der Waals surface area contributed by atoms with Crippen LogP contribution in [0.25, 0.3) is 11.3 Å². The number of rotatable bonds is 5. The Morgan fingerprint density at radius 2 is 1.82 bits per heavy atom. The number of nitrogens with zero attached hydrogens (tertiary/aromatic N) is 4. The summed E-state index contributed by atoms with van der Waals surface area (Å²) in [7, 11) is 0. The van der Waals surface area contributed by atoms with E-state index in [4.69, 9.17) is 19.6 Å². The number of non-ortho nitro benzene ring substituents is 1. The fourth-order valence-electron chi connectivity index (χ4n) is 3.50. The largest absolute Gasteiger partial charge is 0.454 e. The molecule has 0 saturated carbocycles. The van der Waals surface area contributed by atoms with Gasteiger partial charge in [-0.15, -0.1) is 11.3 Å². The molecular formula is C25H20N4O4S. The Morgan fingerprint density at radius 3 is 2.62 bits per heavy atom. The molecule has 0 fully saturated rings. The predicted molar refractivity (Wildman–Crippen MR) is 131 cm³/mol. The lowest BCUT2D eigenvalue weighted by Gasteiger charge is -2.05. The molecule has 34 heavy (non-hydrogen) atoms. The molecule has 0 aliphatic carbocycles. The zero-order chi connectivity index (χ0) is 23.7. The minimum Gasteiger partial charge on any atom is -0.454 e. The zero-order valence-corrected chi connectivity index (χ0v) is 19.3. The molecule has 5 rings (SSSR count). The third-order valence-corrected chi connectivity index (χ3v) is 6.18. The van der Waals surface area contributed by atoms with Gasteiger partial charge in [0.05, 0.1) is 22.5 Å². The number of nitro benzene ring substituents is 1. The molecule has 1 aliphatic rings. The van der Waals surface area contributed by atoms with Crippen molar-refractivity contribution in [2.75, 3.05) is 6.79 Å². The van der Waals surface area contributed by atoms with Gasteiger partial charge in [0.25, 0.3) is 5.69 Å². The topological polar surface area (TPSA) is 91.2 Å². The maximum absolute atomic E-state index is 11.1. The van der Waals surface area contributed by atoms with Crippen molar-refractivity contribution in [2.45, 2.75) is 13.8 Å². The van der Waals surface area contributed by atoms with Gasteiger partial charge in [0.1, 0.15) is 0 Å². The van der Waals surface area contributed by atoms with E-state index in [-0.39, 0.29) is 12.5 Å². The number of hydrogen-bond acceptors (Lipinski definition) is 7. The molecule has 1 aromatic heterocycles. The predicted octanol–water partition coefficient (Wildman–Crippen LogP) is 5.58. The number of benzene rings is 3. The second-order valence-electron chi connectivity index (χ2n) is 7.78. The van der Waals surface area contributed by atoms with Crippen LogP contribution in [0.15, 0.2) is 76.1 Å². The molecule has 1 aliphatic heterocycles. The average molecular weight is 473 g/mol. The summed E-state index contributed by atoms with van der Waals surface area (Å²) in [5, 5.41) is 17.7. The van der Waals surface area contributed by atoms with Crippen LogP contribution in [0.3, 0.4) is 0 Å². The minimum atomic E-state index is -0.412. The van der Waals surface area contributed by atoms with E-state index in [0.717, 1.165) is 33.6 Å². The van der Waals surface area contributed by atoms with Crippen LogP contribution in [-0.2, 0) is 0 Å². The number of nitro groups is 1. The van der Waals surface area contributed by atoms with Crippen molar-refractivity contribution in [3.05, 3.63) is 97.6 Å². The van der Waals surface area contributed by atoms with Gasteiger partial charge in [0.15, 0.2) is 11.5 Å². The molecule has 0 bridgehead atoms. The van der Waals surface area contributed by atoms with Crippen LogP contribution in [0.4, 0.5) is 11.4 Å². The van der Waals surface area contributed by atoms with Crippen molar-refractivity contribution in [3.8, 4) is 22.8 Å². The van der Waals surface area contributed by atoms with Crippen LogP contribution in [0.5, 0.6) is 11.5 Å². The van der Waals surface area contributed by atoms with E-state index in [1.165, 1.54) is 23.5 Å². The second kappa shape index (κ2) is 8.95. The van der Waals surface area contributed by atoms with Crippen molar-refractivity contribution in [1.82, 2.24) is 4.68 Å². The van der Waals surface area contributed by atoms with Gasteiger partial charge in [-0.25, -0.2) is 9.67 Å². The van der Waals surface area contributed by atoms with Crippen molar-refractivity contribution >= 4 is 28.9 Å². The summed E-state index contributed by atoms with van der Waals surface area (Å²) in [4.78, 5) is 16.2. The molecule has 3 aromatic carbocycles. The van der Waals surface area contributed by atoms with E-state index < -0.39 is 4.92 Å². The molecular weight excluding hydrogens is 452 g/mol. The van der Waals surface area contributed by atoms with Crippen LogP contribution < -0.4 is 14.3 Å². The van der Waals surface area contributed by atoms with E-state index in [2.05, 4.69) is 6.07 Å². The summed E-state index contributed by atoms with van der Waals surface area (Å²) in [6.45, 7) is 4.25. The van der Waals surface area contributed by atoms with Crippen LogP contribution >= 0.6 is 11.3 Å². The first-order valence-electron chi connectivity index (χ1n) is 10.5. The normalized spacial score (nSPS) is 13.1. The molecule has 0 amide bonds. The maximum Gasteiger partial charge on any atom is 0.269 e. The lowest BCUT2D eigenvalue weighted by molar-refractivity contribution is -0.384. The van der Waals surface area contributed by atoms with Crippen LogP contribution in [-0.4, -0.2) is 22.6 Å². The Hall–Kier alpha value is -4.24. The summed E-state index contributed by atoms with van der Waals surface area (Å²) in [6, 6.07) is 18.1. The van der Waals surface area contributed by atoms with Gasteiger partial charge in [-0.2, -0.15) is 5.10 Å². The minimum absolute atomic E-state index is 0.0367. The Kier molecular flexibility index (Phi) is 5.69. The van der Waals surface area contributed by atoms with E-state index in [9.17, 15) is 10.1 Å². The fourth-order valence-corrected chi connectivity index (χ4v) is 4.35. The Labute approximate surface area is 199 Å². The highest BCUT2D eigenvalue weighted by Crippen LogP contribution is 2.32. The summed E-state index contributed by atoms with van der Waals surface area (Å²) in [5.41, 5.74) is 5.50. The van der Waals surface area contributed by atoms with Gasteiger partial charge in [-0.1, -0.05) is 12.1 Å². The summed E-state index contributed by atoms with van der Waals surface area (Å²) < 4.78 is 12.6. The van der Waals surface area contributed by atoms with Crippen LogP contribution in [0.2, 0.25) is 0 Å². The highest BCUT2D eigenvalue weighted by molar-refractivity contribution is 7.07. The smallest absolute Gasteiger partial charge is 0.269 e. The van der Waals surface area contributed by atoms with Crippen molar-refractivity contribution in [3.63, 3.8) is 0 Å². The van der Waals surface area contributed by atoms with Gasteiger partial charge in [-0.3, -0.25) is 10.1 Å². The number of aryl methyl sites for hydroxylation is 2. The molecule has 0 saturated heterocycles. The molecule has 0 radical (unpaired) electrons. The SMILES string of the molecule is Cc1ccc(C)c(N=c2scc(-c3ccc([N+](=O)[O-])cc3)n2N=Cc2ccc3c(c2)OCO3)c1. The molecule has 0 N–H and O–H groups in total. The fraction of sp³-hybridized carbons (Fsp3) is 0.120. The Balaban J connectivity index is 1.61. The van der Waals surface area contributed by atoms with Crippen LogP contribution in [0, 0.1) is 24.0 Å². The first-order chi connectivity index (χ1) is 16.5. The van der Waals surface area contributed by atoms with Crippen molar-refractivity contribution < 1.29 is 14.4 Å². The number of ether oxygens (including phenoxy) is 2. The van der Waals surface area contributed by atoms with Gasteiger partial charge >= 0.3 is 0 Å². The van der Waals surface area contributed by atoms with Crippen LogP contribution in [0.1, 0.15) is 16.7 Å². The molecule has 0 unspecified atom stereocenters. The number of fused-ring (bicyclic) bond motifs is 1. The molecule has 8 nitrogen and oxygen atoms in total. The summed E-state index contributed by atoms with van der Waals surface area (Å²) in [6.07, 6.45) is 1.73. The standard InChI is InChI=1S/C25H20N4O4S/c1-16-3-4-17(2)21(11-16)27-25-28(26-13-18-5-10-23-24(12-18)33-15-32-23)22(14-34-25)19-6-8-20(9-7-19)29(30)31/h3-14H,15H2,1-2H3. The van der Waals surface area contributed by atoms with E-state index in [1.807, 2.05) is 49.6 Å². The lowest BCUT2D eigenvalue weighted by Crippen LogP contribution is -2.11. The Bertz CT molecular complexity index is 1490. The van der Waals surface area contributed by atoms with E-state index in [0.29, 0.717) is 16.3 Å². The molecule has 4 aromatic rings. The van der Waals surface area contributed by atoms with Crippen molar-refractivity contribution in [1.29, 1.82) is 0 Å². The first kappa shape index (κ1) is 21.6. The van der Waals surface area contributed by atoms with Gasteiger partial charge in [0, 0.05) is 23.1 Å². The van der Waals surface area contributed by atoms with Gasteiger partial charge < -0.3 is 9.47 Å². The number of thiazole rings is 1. The molecule has 2 heterocycles. The zero-order valence-electron chi connectivity index (χ0n) is 18.5. The highest BCUT2D eigenvalue weighted by atomic mass is 32.1. The van der Waals surface area contributed by atoms with E-state index >= 15 is 0 Å². The number of aromatic nitrogens is 1. The molecule has 0 spiro atoms. The van der Waals surface area contributed by atoms with E-state index in [1.54, 1.807) is 23.0 Å². The quantitative estimate of drug-likeness (QED) is 0.215. The van der Waals surface area contributed by atoms with Gasteiger partial charge in [-0.05, 0) is 66.9 Å². The third kappa shape index (κ3) is 4.33. The average Bonchev–Trinajstić information content (AvgIpc) is 3.46.